The minimum atomic E-state index is -0.255. The Hall–Kier alpha value is -3.23. The Bertz CT molecular complexity index is 1260. The van der Waals surface area contributed by atoms with Crippen LogP contribution < -0.4 is 5.32 Å². The zero-order chi connectivity index (χ0) is 22.1. The van der Waals surface area contributed by atoms with Gasteiger partial charge in [-0.15, -0.1) is 11.3 Å². The van der Waals surface area contributed by atoms with E-state index in [1.165, 1.54) is 0 Å². The van der Waals surface area contributed by atoms with Crippen LogP contribution in [-0.2, 0) is 16.0 Å². The highest BCUT2D eigenvalue weighted by molar-refractivity contribution is 7.15. The molecule has 0 spiro atoms. The number of aromatic amines is 1. The summed E-state index contributed by atoms with van der Waals surface area (Å²) < 4.78 is 6.01. The van der Waals surface area contributed by atoms with E-state index in [-0.39, 0.29) is 12.0 Å². The van der Waals surface area contributed by atoms with Crippen LogP contribution in [0.1, 0.15) is 27.9 Å². The van der Waals surface area contributed by atoms with Gasteiger partial charge in [0.2, 0.25) is 5.91 Å². The molecule has 32 heavy (non-hydrogen) atoms. The number of thiazole rings is 1. The summed E-state index contributed by atoms with van der Waals surface area (Å²) in [6, 6.07) is 12.0. The summed E-state index contributed by atoms with van der Waals surface area (Å²) in [6.07, 6.45) is 3.90. The number of para-hydroxylation sites is 1. The van der Waals surface area contributed by atoms with Gasteiger partial charge < -0.3 is 19.9 Å². The first kappa shape index (κ1) is 20.7. The summed E-state index contributed by atoms with van der Waals surface area (Å²) in [4.78, 5) is 28.4. The van der Waals surface area contributed by atoms with Crippen molar-refractivity contribution in [1.29, 1.82) is 0 Å². The Balaban J connectivity index is 1.30. The maximum Gasteiger partial charge on any atom is 0.227 e. The normalized spacial score (nSPS) is 16.4. The lowest BCUT2D eigenvalue weighted by atomic mass is 10.1. The van der Waals surface area contributed by atoms with Gasteiger partial charge in [-0.3, -0.25) is 9.78 Å². The van der Waals surface area contributed by atoms with Crippen molar-refractivity contribution in [1.82, 2.24) is 19.9 Å². The lowest BCUT2D eigenvalue weighted by Crippen LogP contribution is -2.43. The monoisotopic (exact) mass is 447 g/mol. The number of morpholine rings is 1. The first-order valence-corrected chi connectivity index (χ1v) is 11.5. The van der Waals surface area contributed by atoms with Crippen molar-refractivity contribution >= 4 is 39.0 Å². The number of benzene rings is 1. The Morgan fingerprint density at radius 2 is 2.19 bits per heavy atom. The summed E-state index contributed by atoms with van der Waals surface area (Å²) in [5, 5.41) is 5.30. The molecule has 2 N–H and O–H groups in total. The van der Waals surface area contributed by atoms with Crippen LogP contribution in [0.4, 0.5) is 10.8 Å². The van der Waals surface area contributed by atoms with Crippen LogP contribution in [0.3, 0.4) is 0 Å². The number of fused-ring (bicyclic) bond motifs is 1. The van der Waals surface area contributed by atoms with Crippen LogP contribution in [-0.4, -0.2) is 45.5 Å². The molecule has 0 aliphatic carbocycles. The zero-order valence-electron chi connectivity index (χ0n) is 18.1. The first-order chi connectivity index (χ1) is 15.5. The number of H-pyrrole nitrogens is 1. The molecular weight excluding hydrogens is 422 g/mol. The molecule has 0 saturated carbocycles. The van der Waals surface area contributed by atoms with Crippen molar-refractivity contribution < 1.29 is 9.53 Å². The van der Waals surface area contributed by atoms with E-state index in [1.807, 2.05) is 67.5 Å². The third-order valence-electron chi connectivity index (χ3n) is 5.61. The van der Waals surface area contributed by atoms with Crippen molar-refractivity contribution in [3.8, 4) is 0 Å². The Kier molecular flexibility index (Phi) is 5.63. The lowest BCUT2D eigenvalue weighted by molar-refractivity contribution is -0.138. The standard InChI is InChI=1S/C24H25N5O2S/c1-15-9-18(28-24-26-12-16(2)32-24)11-21(27-15)22-14-29(7-8-31-22)23(30)10-17-13-25-20-6-4-3-5-19(17)20/h3-6,9,11-13,22,25H,7-8,10,14H2,1-2H3,(H,26,27,28)/t22-/m0/s1. The van der Waals surface area contributed by atoms with Gasteiger partial charge in [0.05, 0.1) is 25.3 Å². The molecule has 4 heterocycles. The molecule has 1 saturated heterocycles. The van der Waals surface area contributed by atoms with Gasteiger partial charge >= 0.3 is 0 Å². The predicted molar refractivity (Wildman–Crippen MR) is 126 cm³/mol. The number of aryl methyl sites for hydroxylation is 2. The minimum absolute atomic E-state index is 0.104. The minimum Gasteiger partial charge on any atom is -0.368 e. The molecule has 164 valence electrons. The zero-order valence-corrected chi connectivity index (χ0v) is 18.9. The molecule has 3 aromatic heterocycles. The van der Waals surface area contributed by atoms with Crippen LogP contribution in [0.2, 0.25) is 0 Å². The van der Waals surface area contributed by atoms with Gasteiger partial charge in [-0.25, -0.2) is 4.98 Å². The van der Waals surface area contributed by atoms with Crippen molar-refractivity contribution in [2.24, 2.45) is 0 Å². The van der Waals surface area contributed by atoms with Crippen LogP contribution in [0, 0.1) is 13.8 Å². The summed E-state index contributed by atoms with van der Waals surface area (Å²) in [7, 11) is 0. The SMILES string of the molecule is Cc1cc(Nc2ncc(C)s2)cc([C@@H]2CN(C(=O)Cc3c[nH]c4ccccc34)CCO2)n1. The molecule has 1 aromatic carbocycles. The molecule has 0 unspecified atom stereocenters. The van der Waals surface area contributed by atoms with Gasteiger partial charge in [0.25, 0.3) is 0 Å². The number of ether oxygens (including phenoxy) is 1. The van der Waals surface area contributed by atoms with E-state index in [0.717, 1.165) is 43.6 Å². The van der Waals surface area contributed by atoms with Gasteiger partial charge in [0, 0.05) is 46.1 Å². The van der Waals surface area contributed by atoms with Crippen LogP contribution in [0.15, 0.2) is 48.8 Å². The molecule has 1 aliphatic rings. The van der Waals surface area contributed by atoms with E-state index in [9.17, 15) is 4.79 Å². The third-order valence-corrected chi connectivity index (χ3v) is 6.44. The highest BCUT2D eigenvalue weighted by Gasteiger charge is 2.27. The number of nitrogens with one attached hydrogen (secondary N) is 2. The fraction of sp³-hybridized carbons (Fsp3) is 0.292. The second kappa shape index (κ2) is 8.72. The maximum atomic E-state index is 13.1. The third kappa shape index (κ3) is 4.37. The number of carbonyl (C=O) groups excluding carboxylic acids is 1. The first-order valence-electron chi connectivity index (χ1n) is 10.7. The number of carbonyl (C=O) groups is 1. The van der Waals surface area contributed by atoms with Crippen LogP contribution >= 0.6 is 11.3 Å². The molecular formula is C24H25N5O2S. The molecule has 1 aliphatic heterocycles. The number of hydrogen-bond acceptors (Lipinski definition) is 6. The molecule has 1 fully saturated rings. The average Bonchev–Trinajstić information content (AvgIpc) is 3.39. The topological polar surface area (TPSA) is 83.1 Å². The second-order valence-corrected chi connectivity index (χ2v) is 9.29. The summed E-state index contributed by atoms with van der Waals surface area (Å²) >= 11 is 1.61. The number of pyridine rings is 1. The molecule has 1 amide bonds. The number of rotatable bonds is 5. The van der Waals surface area contributed by atoms with E-state index in [4.69, 9.17) is 4.74 Å². The molecule has 7 nitrogen and oxygen atoms in total. The largest absolute Gasteiger partial charge is 0.368 e. The van der Waals surface area contributed by atoms with Gasteiger partial charge in [-0.2, -0.15) is 0 Å². The fourth-order valence-electron chi connectivity index (χ4n) is 4.07. The van der Waals surface area contributed by atoms with E-state index in [2.05, 4.69) is 20.3 Å². The van der Waals surface area contributed by atoms with E-state index < -0.39 is 0 Å². The quantitative estimate of drug-likeness (QED) is 0.470. The number of nitrogens with zero attached hydrogens (tertiary/aromatic N) is 3. The van der Waals surface area contributed by atoms with Gasteiger partial charge in [0.1, 0.15) is 6.10 Å². The molecule has 0 bridgehead atoms. The average molecular weight is 448 g/mol. The highest BCUT2D eigenvalue weighted by Crippen LogP contribution is 2.28. The van der Waals surface area contributed by atoms with Crippen LogP contribution in [0.5, 0.6) is 0 Å². The molecule has 0 radical (unpaired) electrons. The summed E-state index contributed by atoms with van der Waals surface area (Å²) in [6.45, 7) is 5.57. The Morgan fingerprint density at radius 1 is 1.31 bits per heavy atom. The maximum absolute atomic E-state index is 13.1. The second-order valence-electron chi connectivity index (χ2n) is 8.06. The lowest BCUT2D eigenvalue weighted by Gasteiger charge is -2.33. The van der Waals surface area contributed by atoms with Crippen molar-refractivity contribution in [2.45, 2.75) is 26.4 Å². The number of hydrogen-bond donors (Lipinski definition) is 2. The van der Waals surface area contributed by atoms with Gasteiger partial charge in [-0.05, 0) is 37.6 Å². The van der Waals surface area contributed by atoms with E-state index >= 15 is 0 Å². The van der Waals surface area contributed by atoms with E-state index in [0.29, 0.717) is 26.1 Å². The smallest absolute Gasteiger partial charge is 0.227 e. The Morgan fingerprint density at radius 3 is 3.03 bits per heavy atom. The number of aromatic nitrogens is 3. The highest BCUT2D eigenvalue weighted by atomic mass is 32.1. The van der Waals surface area contributed by atoms with Gasteiger partial charge in [0.15, 0.2) is 5.13 Å². The fourth-order valence-corrected chi connectivity index (χ4v) is 4.76. The van der Waals surface area contributed by atoms with Crippen molar-refractivity contribution in [3.63, 3.8) is 0 Å². The van der Waals surface area contributed by atoms with Crippen molar-refractivity contribution in [2.75, 3.05) is 25.0 Å². The van der Waals surface area contributed by atoms with Crippen molar-refractivity contribution in [3.05, 3.63) is 70.6 Å². The molecule has 1 atom stereocenters. The Labute approximate surface area is 190 Å². The molecule has 4 aromatic rings. The number of amides is 1. The van der Waals surface area contributed by atoms with E-state index in [1.54, 1.807) is 11.3 Å². The summed E-state index contributed by atoms with van der Waals surface area (Å²) in [5.74, 6) is 0.104. The van der Waals surface area contributed by atoms with Crippen LogP contribution in [0.25, 0.3) is 10.9 Å². The predicted octanol–water partition coefficient (Wildman–Crippen LogP) is 4.52. The molecule has 8 heteroatoms. The number of anilines is 2. The van der Waals surface area contributed by atoms with Gasteiger partial charge in [-0.1, -0.05) is 18.2 Å². The molecule has 5 rings (SSSR count). The summed E-state index contributed by atoms with van der Waals surface area (Å²) in [5.41, 5.74) is 4.71.